The lowest BCUT2D eigenvalue weighted by Gasteiger charge is -2.04. The number of fused-ring (bicyclic) bond motifs is 1. The lowest BCUT2D eigenvalue weighted by atomic mass is 10.1. The number of hydrogen-bond acceptors (Lipinski definition) is 17. The Labute approximate surface area is 483 Å². The number of aromatic hydroxyl groups is 6. The maximum atomic E-state index is 11.9. The molecule has 0 radical (unpaired) electrons. The van der Waals surface area contributed by atoms with Crippen molar-refractivity contribution in [3.63, 3.8) is 0 Å². The van der Waals surface area contributed by atoms with E-state index in [-0.39, 0.29) is 85.7 Å². The monoisotopic (exact) mass is 1140 g/mol. The summed E-state index contributed by atoms with van der Waals surface area (Å²) in [5, 5.41) is 89.6. The number of carbonyl (C=O) groups is 2. The zero-order chi connectivity index (χ0) is 60.9. The molecule has 0 atom stereocenters. The van der Waals surface area contributed by atoms with Gasteiger partial charge >= 0.3 is 0 Å². The van der Waals surface area contributed by atoms with Crippen LogP contribution < -0.4 is 23.7 Å². The van der Waals surface area contributed by atoms with Crippen LogP contribution in [-0.2, 0) is 29.0 Å². The van der Waals surface area contributed by atoms with E-state index in [1.165, 1.54) is 39.5 Å². The van der Waals surface area contributed by atoms with E-state index in [1.54, 1.807) is 165 Å². The van der Waals surface area contributed by atoms with Crippen LogP contribution in [-0.4, -0.2) is 111 Å². The van der Waals surface area contributed by atoms with Crippen LogP contribution in [0.1, 0.15) is 50.9 Å². The summed E-state index contributed by atoms with van der Waals surface area (Å²) in [4.78, 5) is 23.8. The van der Waals surface area contributed by atoms with Gasteiger partial charge in [-0.1, -0.05) is 97.1 Å². The minimum atomic E-state index is -0.325. The van der Waals surface area contributed by atoms with E-state index < -0.39 is 0 Å². The number of rotatable bonds is 18. The highest BCUT2D eigenvalue weighted by atomic mass is 16.7. The van der Waals surface area contributed by atoms with Gasteiger partial charge in [-0.2, -0.15) is 0 Å². The van der Waals surface area contributed by atoms with Crippen LogP contribution in [0.2, 0.25) is 0 Å². The second-order valence-corrected chi connectivity index (χ2v) is 17.4. The first-order chi connectivity index (χ1) is 40.0. The number of hydrogen-bond donors (Lipinski definition) is 10. The Bertz CT molecular complexity index is 3210. The number of phenolic OH excluding ortho intramolecular Hbond substituents is 6. The molecule has 1 heterocycles. The Morgan fingerprint density at radius 3 is 1.42 bits per heavy atom. The van der Waals surface area contributed by atoms with E-state index in [2.05, 4.69) is 6.58 Å². The summed E-state index contributed by atoms with van der Waals surface area (Å²) in [6.07, 6.45) is 15.7. The molecule has 8 rings (SSSR count). The van der Waals surface area contributed by atoms with Crippen LogP contribution in [0.15, 0.2) is 176 Å². The van der Waals surface area contributed by atoms with Crippen molar-refractivity contribution in [2.45, 2.75) is 32.8 Å². The van der Waals surface area contributed by atoms with Crippen LogP contribution >= 0.6 is 0 Å². The molecule has 1 aliphatic heterocycles. The smallest absolute Gasteiger partial charge is 0.231 e. The maximum absolute atomic E-state index is 11.9. The van der Waals surface area contributed by atoms with Gasteiger partial charge < -0.3 is 74.7 Å². The zero-order valence-electron chi connectivity index (χ0n) is 46.7. The zero-order valence-corrected chi connectivity index (χ0v) is 46.7. The maximum Gasteiger partial charge on any atom is 0.231 e. The molecule has 7 aromatic carbocycles. The second-order valence-electron chi connectivity index (χ2n) is 17.4. The molecule has 0 unspecified atom stereocenters. The highest BCUT2D eigenvalue weighted by Crippen LogP contribution is 2.33. The molecule has 0 aromatic heterocycles. The molecule has 0 aliphatic carbocycles. The first-order valence-electron chi connectivity index (χ1n) is 25.6. The van der Waals surface area contributed by atoms with Crippen molar-refractivity contribution in [1.29, 1.82) is 0 Å². The molecule has 0 bridgehead atoms. The number of aryl methyl sites for hydroxylation is 1. The molecule has 7 aromatic rings. The summed E-state index contributed by atoms with van der Waals surface area (Å²) < 4.78 is 25.1. The van der Waals surface area contributed by atoms with Crippen molar-refractivity contribution in [3.05, 3.63) is 221 Å². The average molecular weight is 1140 g/mol. The molecule has 0 saturated heterocycles. The van der Waals surface area contributed by atoms with Gasteiger partial charge in [-0.3, -0.25) is 9.59 Å². The van der Waals surface area contributed by atoms with Crippen molar-refractivity contribution in [1.82, 2.24) is 0 Å². The van der Waals surface area contributed by atoms with Crippen LogP contribution in [0.25, 0.3) is 24.3 Å². The van der Waals surface area contributed by atoms with Gasteiger partial charge in [0.15, 0.2) is 57.6 Å². The third-order valence-corrected chi connectivity index (χ3v) is 11.2. The number of aliphatic hydroxyl groups is 4. The number of allylic oxidation sites excluding steroid dienone is 3. The van der Waals surface area contributed by atoms with Gasteiger partial charge in [0.05, 0.1) is 47.6 Å². The molecule has 1 aliphatic rings. The number of ether oxygens (including phenoxy) is 5. The largest absolute Gasteiger partial charge is 0.508 e. The molecule has 0 fully saturated rings. The first kappa shape index (κ1) is 67.5. The first-order valence-corrected chi connectivity index (χ1v) is 25.6. The minimum Gasteiger partial charge on any atom is -0.508 e. The number of phenols is 6. The van der Waals surface area contributed by atoms with E-state index in [4.69, 9.17) is 54.3 Å². The highest BCUT2D eigenvalue weighted by Gasteiger charge is 2.12. The van der Waals surface area contributed by atoms with Crippen molar-refractivity contribution >= 4 is 35.9 Å². The van der Waals surface area contributed by atoms with Crippen LogP contribution in [0.5, 0.6) is 63.2 Å². The number of ketones is 2. The van der Waals surface area contributed by atoms with Crippen molar-refractivity contribution in [2.75, 3.05) is 47.9 Å². The number of carbonyl (C=O) groups excluding carboxylic acids is 2. The lowest BCUT2D eigenvalue weighted by Crippen LogP contribution is -2.01. The topological polar surface area (TPSA) is 283 Å². The predicted molar refractivity (Wildman–Crippen MR) is 321 cm³/mol. The van der Waals surface area contributed by atoms with Crippen molar-refractivity contribution in [3.8, 4) is 63.2 Å². The van der Waals surface area contributed by atoms with Crippen molar-refractivity contribution < 1.29 is 84.3 Å². The Morgan fingerprint density at radius 2 is 0.928 bits per heavy atom. The van der Waals surface area contributed by atoms with E-state index >= 15 is 0 Å². The van der Waals surface area contributed by atoms with Crippen molar-refractivity contribution in [2.24, 2.45) is 0 Å². The fourth-order valence-corrected chi connectivity index (χ4v) is 6.86. The van der Waals surface area contributed by atoms with Gasteiger partial charge in [0.2, 0.25) is 6.79 Å². The molecule has 17 nitrogen and oxygen atoms in total. The Balaban J connectivity index is 0.000000273. The molecule has 438 valence electrons. The molecule has 10 N–H and O–H groups in total. The van der Waals surface area contributed by atoms with Gasteiger partial charge in [0.25, 0.3) is 0 Å². The van der Waals surface area contributed by atoms with Gasteiger partial charge in [-0.15, -0.1) is 6.58 Å². The van der Waals surface area contributed by atoms with E-state index in [0.717, 1.165) is 51.3 Å². The number of aliphatic hydroxyl groups excluding tert-OH is 4. The summed E-state index contributed by atoms with van der Waals surface area (Å²) in [5.41, 5.74) is 6.97. The second kappa shape index (κ2) is 38.0. The summed E-state index contributed by atoms with van der Waals surface area (Å²) in [5.74, 6) is 3.10. The van der Waals surface area contributed by atoms with Gasteiger partial charge in [0, 0.05) is 6.61 Å². The highest BCUT2D eigenvalue weighted by molar-refractivity contribution is 6.10. The summed E-state index contributed by atoms with van der Waals surface area (Å²) in [6, 6.07) is 38.9. The molecule has 17 heteroatoms. The standard InChI is InChI=1S/C21H20O5.C10H12O3.C10H12O2.C9H10O2.C8H8O3.C8H10O2/c1-14-11-15(5-9-19(14)24)3-7-17(22)13-18(23)8-4-16-6-10-20(25)21(12-16)26-2;1-13-10-7-8(3-2-6-11)4-5-9(10)12;1-3-4-8-5-6-9(11)10(7-8)12-2;10-7-1-2-8-3-5-9(11)6-4-8;9-4-6-1-2-7-8(3-6)11-5-10-7;9-6-5-7-1-3-8(10)4-2-7/h3-12,24-25H,13H2,1-2H3;2-5,7,11-12H,6H2,1H3;3,5-7,11H,1,4H2,2H3;1-6,10-11H,7H2;1-3,9H,4-5H2;1-4,9-10H,5-6H2/b7-3+,8-4+;3-2+;;2-1+;;. The fourth-order valence-electron chi connectivity index (χ4n) is 6.86. The third kappa shape index (κ3) is 25.9. The Kier molecular flexibility index (Phi) is 30.9. The summed E-state index contributed by atoms with van der Waals surface area (Å²) in [7, 11) is 4.47. The van der Waals surface area contributed by atoms with Crippen LogP contribution in [0.3, 0.4) is 0 Å². The van der Waals surface area contributed by atoms with E-state index in [0.29, 0.717) is 34.8 Å². The van der Waals surface area contributed by atoms with Gasteiger partial charge in [-0.25, -0.2) is 0 Å². The van der Waals surface area contributed by atoms with Gasteiger partial charge in [0.1, 0.15) is 17.2 Å². The third-order valence-electron chi connectivity index (χ3n) is 11.2. The van der Waals surface area contributed by atoms with Crippen LogP contribution in [0.4, 0.5) is 0 Å². The molecule has 0 spiro atoms. The van der Waals surface area contributed by atoms with E-state index in [9.17, 15) is 30.0 Å². The van der Waals surface area contributed by atoms with E-state index in [1.807, 2.05) is 18.2 Å². The Hall–Kier alpha value is -9.78. The lowest BCUT2D eigenvalue weighted by molar-refractivity contribution is -0.121. The minimum absolute atomic E-state index is 0.00317. The molecule has 83 heavy (non-hydrogen) atoms. The van der Waals surface area contributed by atoms with Gasteiger partial charge in [-0.05, 0) is 161 Å². The number of benzene rings is 7. The summed E-state index contributed by atoms with van der Waals surface area (Å²) >= 11 is 0. The van der Waals surface area contributed by atoms with Crippen LogP contribution in [0, 0.1) is 6.92 Å². The Morgan fingerprint density at radius 1 is 0.494 bits per heavy atom. The normalized spacial score (nSPS) is 10.9. The summed E-state index contributed by atoms with van der Waals surface area (Å²) in [6.45, 7) is 5.92. The quantitative estimate of drug-likeness (QED) is 0.0217. The average Bonchev–Trinajstić information content (AvgIpc) is 4.06. The molecular formula is C66H72O17. The fraction of sp³-hybridized carbons (Fsp3) is 0.182. The SMILES string of the molecule is C=CCc1ccc(O)c(OC)c1.COc1cc(/C=C/C(=O)CC(=O)/C=C/c2ccc(O)c(C)c2)ccc1O.COc1cc(/C=C/CO)ccc1O.OC/C=C/c1ccc(O)cc1.OCCc1ccc(O)cc1.OCc1ccc2c(c1)OCO2. The predicted octanol–water partition coefficient (Wildman–Crippen LogP) is 10.4. The molecule has 0 saturated carbocycles. The molecule has 0 amide bonds. The molecular weight excluding hydrogens is 1060 g/mol. The number of methoxy groups -OCH3 is 3.